The predicted molar refractivity (Wildman–Crippen MR) is 74.2 cm³/mol. The lowest BCUT2D eigenvalue weighted by atomic mass is 9.94. The van der Waals surface area contributed by atoms with Gasteiger partial charge in [0, 0.05) is 20.2 Å². The highest BCUT2D eigenvalue weighted by atomic mass is 16.5. The third kappa shape index (κ3) is 3.20. The molecule has 1 aliphatic heterocycles. The molecule has 20 heavy (non-hydrogen) atoms. The van der Waals surface area contributed by atoms with E-state index in [-0.39, 0.29) is 11.8 Å². The second-order valence-electron chi connectivity index (χ2n) is 5.96. The summed E-state index contributed by atoms with van der Waals surface area (Å²) >= 11 is 0. The van der Waals surface area contributed by atoms with E-state index in [0.717, 1.165) is 6.42 Å². The number of methoxy groups -OCH3 is 1. The SMILES string of the molecule is COCC1=CCN(C(=O)C2CC(C)CC2C(=O)O)CC1. The zero-order chi connectivity index (χ0) is 14.7. The summed E-state index contributed by atoms with van der Waals surface area (Å²) in [6, 6.07) is 0. The molecule has 5 nitrogen and oxygen atoms in total. The Morgan fingerprint density at radius 2 is 2.10 bits per heavy atom. The standard InChI is InChI=1S/C15H23NO4/c1-10-7-12(13(8-10)15(18)19)14(17)16-5-3-11(4-6-16)9-20-2/h3,10,12-13H,4-9H2,1-2H3,(H,18,19). The molecule has 0 saturated heterocycles. The Labute approximate surface area is 119 Å². The van der Waals surface area contributed by atoms with Crippen LogP contribution in [0.1, 0.15) is 26.2 Å². The van der Waals surface area contributed by atoms with Crippen LogP contribution in [-0.2, 0) is 14.3 Å². The number of nitrogens with zero attached hydrogens (tertiary/aromatic N) is 1. The molecule has 0 aromatic heterocycles. The van der Waals surface area contributed by atoms with Crippen LogP contribution in [0.4, 0.5) is 0 Å². The first-order chi connectivity index (χ1) is 9.52. The maximum Gasteiger partial charge on any atom is 0.307 e. The average molecular weight is 281 g/mol. The first-order valence-electron chi connectivity index (χ1n) is 7.21. The second-order valence-corrected chi connectivity index (χ2v) is 5.96. The van der Waals surface area contributed by atoms with Gasteiger partial charge in [0.05, 0.1) is 18.4 Å². The number of ether oxygens (including phenoxy) is 1. The Hall–Kier alpha value is -1.36. The van der Waals surface area contributed by atoms with Crippen molar-refractivity contribution in [3.05, 3.63) is 11.6 Å². The normalized spacial score (nSPS) is 30.2. The fourth-order valence-corrected chi connectivity index (χ4v) is 3.30. The molecule has 1 amide bonds. The number of aliphatic carboxylic acids is 1. The quantitative estimate of drug-likeness (QED) is 0.794. The monoisotopic (exact) mass is 281 g/mol. The van der Waals surface area contributed by atoms with E-state index in [0.29, 0.717) is 38.5 Å². The second kappa shape index (κ2) is 6.39. The van der Waals surface area contributed by atoms with Gasteiger partial charge in [-0.3, -0.25) is 9.59 Å². The predicted octanol–water partition coefficient (Wildman–Crippen LogP) is 1.54. The highest BCUT2D eigenvalue weighted by Crippen LogP contribution is 2.37. The van der Waals surface area contributed by atoms with Crippen LogP contribution >= 0.6 is 0 Å². The highest BCUT2D eigenvalue weighted by Gasteiger charge is 2.42. The van der Waals surface area contributed by atoms with Crippen LogP contribution in [0.2, 0.25) is 0 Å². The zero-order valence-electron chi connectivity index (χ0n) is 12.2. The van der Waals surface area contributed by atoms with E-state index in [2.05, 4.69) is 0 Å². The highest BCUT2D eigenvalue weighted by molar-refractivity contribution is 5.85. The maximum absolute atomic E-state index is 12.5. The van der Waals surface area contributed by atoms with Gasteiger partial charge in [-0.25, -0.2) is 0 Å². The summed E-state index contributed by atoms with van der Waals surface area (Å²) < 4.78 is 5.09. The van der Waals surface area contributed by atoms with Gasteiger partial charge in [0.1, 0.15) is 0 Å². The van der Waals surface area contributed by atoms with Crippen molar-refractivity contribution in [2.45, 2.75) is 26.2 Å². The minimum absolute atomic E-state index is 0.00877. The summed E-state index contributed by atoms with van der Waals surface area (Å²) in [4.78, 5) is 25.6. The molecule has 0 spiro atoms. The molecular weight excluding hydrogens is 258 g/mol. The van der Waals surface area contributed by atoms with E-state index in [4.69, 9.17) is 4.74 Å². The molecule has 1 fully saturated rings. The van der Waals surface area contributed by atoms with Gasteiger partial charge in [-0.15, -0.1) is 0 Å². The van der Waals surface area contributed by atoms with Gasteiger partial charge >= 0.3 is 5.97 Å². The molecule has 1 N–H and O–H groups in total. The van der Waals surface area contributed by atoms with Crippen molar-refractivity contribution in [3.63, 3.8) is 0 Å². The number of amides is 1. The van der Waals surface area contributed by atoms with Gasteiger partial charge in [0.15, 0.2) is 0 Å². The van der Waals surface area contributed by atoms with E-state index in [1.165, 1.54) is 5.57 Å². The molecular formula is C15H23NO4. The molecule has 1 saturated carbocycles. The van der Waals surface area contributed by atoms with Crippen LogP contribution in [0.25, 0.3) is 0 Å². The summed E-state index contributed by atoms with van der Waals surface area (Å²) in [5.41, 5.74) is 1.21. The van der Waals surface area contributed by atoms with Gasteiger partial charge in [-0.1, -0.05) is 13.0 Å². The topological polar surface area (TPSA) is 66.8 Å². The third-order valence-electron chi connectivity index (χ3n) is 4.38. The summed E-state index contributed by atoms with van der Waals surface area (Å²) in [5.74, 6) is -1.37. The minimum atomic E-state index is -0.833. The maximum atomic E-state index is 12.5. The zero-order valence-corrected chi connectivity index (χ0v) is 12.2. The van der Waals surface area contributed by atoms with Crippen molar-refractivity contribution in [2.24, 2.45) is 17.8 Å². The van der Waals surface area contributed by atoms with E-state index in [1.54, 1.807) is 12.0 Å². The number of carbonyl (C=O) groups is 2. The molecule has 5 heteroatoms. The number of hydrogen-bond acceptors (Lipinski definition) is 3. The largest absolute Gasteiger partial charge is 0.481 e. The Morgan fingerprint density at radius 1 is 1.40 bits per heavy atom. The van der Waals surface area contributed by atoms with Gasteiger partial charge < -0.3 is 14.7 Å². The van der Waals surface area contributed by atoms with Crippen LogP contribution in [0, 0.1) is 17.8 Å². The number of carbonyl (C=O) groups excluding carboxylic acids is 1. The lowest BCUT2D eigenvalue weighted by Crippen LogP contribution is -2.41. The van der Waals surface area contributed by atoms with Crippen molar-refractivity contribution < 1.29 is 19.4 Å². The number of carboxylic acids is 1. The van der Waals surface area contributed by atoms with Crippen LogP contribution < -0.4 is 0 Å². The minimum Gasteiger partial charge on any atom is -0.481 e. The van der Waals surface area contributed by atoms with Crippen molar-refractivity contribution in [2.75, 3.05) is 26.8 Å². The molecule has 1 aliphatic carbocycles. The molecule has 112 valence electrons. The van der Waals surface area contributed by atoms with E-state index < -0.39 is 11.9 Å². The molecule has 0 radical (unpaired) electrons. The Bertz CT molecular complexity index is 418. The van der Waals surface area contributed by atoms with E-state index >= 15 is 0 Å². The van der Waals surface area contributed by atoms with Gasteiger partial charge in [0.25, 0.3) is 0 Å². The molecule has 2 aliphatic rings. The van der Waals surface area contributed by atoms with Gasteiger partial charge in [-0.2, -0.15) is 0 Å². The first kappa shape index (κ1) is 15.0. The Balaban J connectivity index is 1.99. The van der Waals surface area contributed by atoms with Crippen LogP contribution in [-0.4, -0.2) is 48.7 Å². The van der Waals surface area contributed by atoms with Crippen molar-refractivity contribution >= 4 is 11.9 Å². The smallest absolute Gasteiger partial charge is 0.307 e. The molecule has 2 rings (SSSR count). The van der Waals surface area contributed by atoms with Gasteiger partial charge in [0.2, 0.25) is 5.91 Å². The van der Waals surface area contributed by atoms with Crippen molar-refractivity contribution in [3.8, 4) is 0 Å². The third-order valence-corrected chi connectivity index (χ3v) is 4.38. The summed E-state index contributed by atoms with van der Waals surface area (Å²) in [6.07, 6.45) is 4.16. The molecule has 3 atom stereocenters. The van der Waals surface area contributed by atoms with Crippen LogP contribution in [0.15, 0.2) is 11.6 Å². The van der Waals surface area contributed by atoms with Crippen LogP contribution in [0.3, 0.4) is 0 Å². The molecule has 0 aromatic carbocycles. The van der Waals surface area contributed by atoms with E-state index in [9.17, 15) is 14.7 Å². The summed E-state index contributed by atoms with van der Waals surface area (Å²) in [6.45, 7) is 3.89. The fraction of sp³-hybridized carbons (Fsp3) is 0.733. The van der Waals surface area contributed by atoms with Gasteiger partial charge in [-0.05, 0) is 30.8 Å². The average Bonchev–Trinajstić information content (AvgIpc) is 2.81. The molecule has 0 bridgehead atoms. The lowest BCUT2D eigenvalue weighted by molar-refractivity contribution is -0.149. The number of carboxylic acid groups (broad SMARTS) is 1. The summed E-state index contributed by atoms with van der Waals surface area (Å²) in [5, 5.41) is 9.26. The molecule has 0 aromatic rings. The Kier molecular flexibility index (Phi) is 4.81. The first-order valence-corrected chi connectivity index (χ1v) is 7.21. The number of hydrogen-bond donors (Lipinski definition) is 1. The fourth-order valence-electron chi connectivity index (χ4n) is 3.30. The van der Waals surface area contributed by atoms with Crippen LogP contribution in [0.5, 0.6) is 0 Å². The molecule has 3 unspecified atom stereocenters. The van der Waals surface area contributed by atoms with Crippen molar-refractivity contribution in [1.82, 2.24) is 4.90 Å². The van der Waals surface area contributed by atoms with Crippen molar-refractivity contribution in [1.29, 1.82) is 0 Å². The number of rotatable bonds is 4. The Morgan fingerprint density at radius 3 is 2.65 bits per heavy atom. The van der Waals surface area contributed by atoms with E-state index in [1.807, 2.05) is 13.0 Å². The summed E-state index contributed by atoms with van der Waals surface area (Å²) in [7, 11) is 1.66. The molecule has 1 heterocycles. The lowest BCUT2D eigenvalue weighted by Gasteiger charge is -2.30.